The van der Waals surface area contributed by atoms with Gasteiger partial charge in [-0.2, -0.15) is 0 Å². The Balaban J connectivity index is 1.61. The first-order chi connectivity index (χ1) is 9.68. The summed E-state index contributed by atoms with van der Waals surface area (Å²) in [6, 6.07) is 8.44. The highest BCUT2D eigenvalue weighted by Gasteiger charge is 2.56. The third-order valence-corrected chi connectivity index (χ3v) is 6.18. The zero-order valence-corrected chi connectivity index (χ0v) is 12.3. The van der Waals surface area contributed by atoms with Crippen molar-refractivity contribution in [1.82, 2.24) is 0 Å². The molecule has 5 rings (SSSR count). The van der Waals surface area contributed by atoms with Crippen molar-refractivity contribution in [2.24, 2.45) is 23.7 Å². The number of rotatable bonds is 3. The molecular formula is C19H24O. The molecular weight excluding hydrogens is 244 g/mol. The van der Waals surface area contributed by atoms with Gasteiger partial charge in [-0.15, -0.1) is 0 Å². The highest BCUT2D eigenvalue weighted by Crippen LogP contribution is 2.59. The van der Waals surface area contributed by atoms with E-state index in [9.17, 15) is 0 Å². The predicted octanol–water partition coefficient (Wildman–Crippen LogP) is 4.92. The molecule has 20 heavy (non-hydrogen) atoms. The summed E-state index contributed by atoms with van der Waals surface area (Å²) in [5.41, 5.74) is 1.29. The molecule has 4 aliphatic carbocycles. The van der Waals surface area contributed by atoms with E-state index in [0.29, 0.717) is 0 Å². The first-order valence-corrected chi connectivity index (χ1v) is 8.10. The topological polar surface area (TPSA) is 9.23 Å². The van der Waals surface area contributed by atoms with E-state index in [1.165, 1.54) is 32.1 Å². The third kappa shape index (κ3) is 1.82. The molecule has 3 atom stereocenters. The fraction of sp³-hybridized carbons (Fsp3) is 0.579. The van der Waals surface area contributed by atoms with Gasteiger partial charge in [-0.1, -0.05) is 31.7 Å². The highest BCUT2D eigenvalue weighted by atomic mass is 16.5. The monoisotopic (exact) mass is 268 g/mol. The summed E-state index contributed by atoms with van der Waals surface area (Å²) in [5, 5.41) is 0. The Morgan fingerprint density at radius 1 is 1.10 bits per heavy atom. The van der Waals surface area contributed by atoms with Gasteiger partial charge in [0.1, 0.15) is 11.4 Å². The lowest BCUT2D eigenvalue weighted by atomic mass is 9.50. The van der Waals surface area contributed by atoms with E-state index < -0.39 is 0 Å². The summed E-state index contributed by atoms with van der Waals surface area (Å²) in [7, 11) is 0. The number of hydrogen-bond acceptors (Lipinski definition) is 1. The van der Waals surface area contributed by atoms with Crippen molar-refractivity contribution in [2.45, 2.75) is 44.6 Å². The first kappa shape index (κ1) is 12.5. The summed E-state index contributed by atoms with van der Waals surface area (Å²) < 4.78 is 6.59. The number of benzene rings is 1. The molecule has 3 unspecified atom stereocenters. The van der Waals surface area contributed by atoms with Gasteiger partial charge in [0.05, 0.1) is 0 Å². The molecule has 1 aromatic carbocycles. The second kappa shape index (κ2) is 4.38. The smallest absolute Gasteiger partial charge is 0.120 e. The Bertz CT molecular complexity index is 501. The number of hydrogen-bond donors (Lipinski definition) is 0. The van der Waals surface area contributed by atoms with Crippen LogP contribution < -0.4 is 4.74 Å². The van der Waals surface area contributed by atoms with Crippen LogP contribution in [0.1, 0.15) is 44.6 Å². The lowest BCUT2D eigenvalue weighted by Gasteiger charge is -2.59. The van der Waals surface area contributed by atoms with Crippen LogP contribution >= 0.6 is 0 Å². The van der Waals surface area contributed by atoms with Crippen LogP contribution in [0.2, 0.25) is 0 Å². The molecule has 0 N–H and O–H groups in total. The molecule has 4 fully saturated rings. The van der Waals surface area contributed by atoms with Crippen molar-refractivity contribution >= 4 is 6.08 Å². The highest BCUT2D eigenvalue weighted by molar-refractivity contribution is 5.48. The van der Waals surface area contributed by atoms with E-state index in [0.717, 1.165) is 35.0 Å². The number of ether oxygens (including phenoxy) is 1. The Labute approximate surface area is 122 Å². The van der Waals surface area contributed by atoms with Crippen LogP contribution in [0.4, 0.5) is 0 Å². The first-order valence-electron chi connectivity index (χ1n) is 8.10. The zero-order chi connectivity index (χ0) is 13.7. The van der Waals surface area contributed by atoms with Crippen LogP contribution in [-0.2, 0) is 0 Å². The van der Waals surface area contributed by atoms with Gasteiger partial charge >= 0.3 is 0 Å². The fourth-order valence-corrected chi connectivity index (χ4v) is 5.30. The SMILES string of the molecule is C=Cc1ccc(OC23CC4CC(CC(C4)C2C)C3)cc1. The molecule has 0 radical (unpaired) electrons. The van der Waals surface area contributed by atoms with Gasteiger partial charge < -0.3 is 4.74 Å². The third-order valence-electron chi connectivity index (χ3n) is 6.18. The minimum Gasteiger partial charge on any atom is -0.487 e. The molecule has 0 amide bonds. The van der Waals surface area contributed by atoms with Gasteiger partial charge in [0.15, 0.2) is 0 Å². The Morgan fingerprint density at radius 3 is 2.35 bits per heavy atom. The molecule has 1 nitrogen and oxygen atoms in total. The van der Waals surface area contributed by atoms with Crippen molar-refractivity contribution < 1.29 is 4.74 Å². The Kier molecular flexibility index (Phi) is 2.73. The van der Waals surface area contributed by atoms with Crippen molar-refractivity contribution in [3.8, 4) is 5.75 Å². The average Bonchev–Trinajstić information content (AvgIpc) is 2.44. The van der Waals surface area contributed by atoms with Crippen molar-refractivity contribution in [1.29, 1.82) is 0 Å². The van der Waals surface area contributed by atoms with Crippen molar-refractivity contribution in [2.75, 3.05) is 0 Å². The maximum absolute atomic E-state index is 6.59. The lowest BCUT2D eigenvalue weighted by molar-refractivity contribution is -0.149. The standard InChI is InChI=1S/C19H24O/c1-3-14-4-6-18(7-5-14)20-19-11-15-8-16(12-19)10-17(9-15)13(19)2/h3-7,13,15-17H,1,8-12H2,2H3. The molecule has 1 heteroatoms. The van der Waals surface area contributed by atoms with Crippen LogP contribution in [0.5, 0.6) is 5.75 Å². The van der Waals surface area contributed by atoms with E-state index in [-0.39, 0.29) is 5.60 Å². The van der Waals surface area contributed by atoms with Gasteiger partial charge in [0, 0.05) is 0 Å². The van der Waals surface area contributed by atoms with Gasteiger partial charge in [0.2, 0.25) is 0 Å². The summed E-state index contributed by atoms with van der Waals surface area (Å²) in [6.07, 6.45) is 8.83. The minimum absolute atomic E-state index is 0.129. The average molecular weight is 268 g/mol. The molecule has 4 saturated carbocycles. The molecule has 4 bridgehead atoms. The quantitative estimate of drug-likeness (QED) is 0.755. The summed E-state index contributed by atoms with van der Waals surface area (Å²) in [4.78, 5) is 0. The lowest BCUT2D eigenvalue weighted by Crippen LogP contribution is -2.59. The molecule has 0 aromatic heterocycles. The van der Waals surface area contributed by atoms with Gasteiger partial charge in [-0.05, 0) is 73.5 Å². The van der Waals surface area contributed by atoms with Crippen LogP contribution in [-0.4, -0.2) is 5.60 Å². The zero-order valence-electron chi connectivity index (χ0n) is 12.3. The maximum Gasteiger partial charge on any atom is 0.120 e. The van der Waals surface area contributed by atoms with Gasteiger partial charge in [-0.25, -0.2) is 0 Å². The summed E-state index contributed by atoms with van der Waals surface area (Å²) >= 11 is 0. The van der Waals surface area contributed by atoms with Gasteiger partial charge in [-0.3, -0.25) is 0 Å². The minimum atomic E-state index is 0.129. The maximum atomic E-state index is 6.59. The molecule has 0 spiro atoms. The van der Waals surface area contributed by atoms with Crippen LogP contribution in [0.25, 0.3) is 6.08 Å². The largest absolute Gasteiger partial charge is 0.487 e. The van der Waals surface area contributed by atoms with Gasteiger partial charge in [0.25, 0.3) is 0 Å². The van der Waals surface area contributed by atoms with E-state index >= 15 is 0 Å². The second-order valence-electron chi connectivity index (χ2n) is 7.34. The predicted molar refractivity (Wildman–Crippen MR) is 82.6 cm³/mol. The van der Waals surface area contributed by atoms with E-state index in [1.54, 1.807) is 0 Å². The van der Waals surface area contributed by atoms with E-state index in [4.69, 9.17) is 4.74 Å². The van der Waals surface area contributed by atoms with Crippen molar-refractivity contribution in [3.05, 3.63) is 36.4 Å². The van der Waals surface area contributed by atoms with Crippen LogP contribution in [0, 0.1) is 23.7 Å². The second-order valence-corrected chi connectivity index (χ2v) is 7.34. The molecule has 106 valence electrons. The normalized spacial score (nSPS) is 41.6. The van der Waals surface area contributed by atoms with Crippen LogP contribution in [0.15, 0.2) is 30.8 Å². The van der Waals surface area contributed by atoms with Crippen molar-refractivity contribution in [3.63, 3.8) is 0 Å². The molecule has 0 aliphatic heterocycles. The fourth-order valence-electron chi connectivity index (χ4n) is 5.30. The molecule has 0 heterocycles. The molecule has 0 saturated heterocycles. The van der Waals surface area contributed by atoms with Crippen LogP contribution in [0.3, 0.4) is 0 Å². The summed E-state index contributed by atoms with van der Waals surface area (Å²) in [5.74, 6) is 4.53. The molecule has 1 aromatic rings. The Morgan fingerprint density at radius 2 is 1.75 bits per heavy atom. The summed E-state index contributed by atoms with van der Waals surface area (Å²) in [6.45, 7) is 6.24. The van der Waals surface area contributed by atoms with E-state index in [1.807, 2.05) is 6.08 Å². The van der Waals surface area contributed by atoms with E-state index in [2.05, 4.69) is 37.8 Å². The Hall–Kier alpha value is -1.24. The molecule has 4 aliphatic rings.